The molecule has 0 aliphatic heterocycles. The highest BCUT2D eigenvalue weighted by molar-refractivity contribution is 5.80. The molecular formula is C17H25NO5. The third-order valence-corrected chi connectivity index (χ3v) is 3.10. The number of carboxylic acid groups (broad SMARTS) is 1. The van der Waals surface area contributed by atoms with E-state index in [1.165, 1.54) is 7.05 Å². The monoisotopic (exact) mass is 323 g/mol. The summed E-state index contributed by atoms with van der Waals surface area (Å²) in [6.07, 6.45) is -0.465. The third kappa shape index (κ3) is 6.18. The zero-order valence-corrected chi connectivity index (χ0v) is 14.3. The number of carboxylic acids is 1. The molecule has 1 aromatic rings. The van der Waals surface area contributed by atoms with E-state index in [0.717, 1.165) is 16.2 Å². The lowest BCUT2D eigenvalue weighted by Gasteiger charge is -2.28. The number of nitrogens with zero attached hydrogens (tertiary/aromatic N) is 1. The molecule has 1 unspecified atom stereocenters. The highest BCUT2D eigenvalue weighted by Gasteiger charge is 2.30. The van der Waals surface area contributed by atoms with Crippen LogP contribution in [0.4, 0.5) is 4.79 Å². The Labute approximate surface area is 137 Å². The topological polar surface area (TPSA) is 76.1 Å². The van der Waals surface area contributed by atoms with Gasteiger partial charge >= 0.3 is 12.1 Å². The predicted molar refractivity (Wildman–Crippen MR) is 86.7 cm³/mol. The van der Waals surface area contributed by atoms with E-state index in [0.29, 0.717) is 6.61 Å². The summed E-state index contributed by atoms with van der Waals surface area (Å²) >= 11 is 0. The molecule has 0 aliphatic carbocycles. The van der Waals surface area contributed by atoms with Gasteiger partial charge in [-0.05, 0) is 45.4 Å². The van der Waals surface area contributed by atoms with E-state index < -0.39 is 23.7 Å². The fourth-order valence-corrected chi connectivity index (χ4v) is 1.96. The Morgan fingerprint density at radius 2 is 1.78 bits per heavy atom. The second-order valence-corrected chi connectivity index (χ2v) is 6.23. The lowest BCUT2D eigenvalue weighted by atomic mass is 10.1. The molecule has 6 nitrogen and oxygen atoms in total. The van der Waals surface area contributed by atoms with Crippen LogP contribution in [0.1, 0.15) is 33.3 Å². The molecule has 23 heavy (non-hydrogen) atoms. The molecule has 1 amide bonds. The fraction of sp³-hybridized carbons (Fsp3) is 0.529. The minimum atomic E-state index is -1.08. The largest absolute Gasteiger partial charge is 0.494 e. The van der Waals surface area contributed by atoms with Crippen molar-refractivity contribution in [3.63, 3.8) is 0 Å². The van der Waals surface area contributed by atoms with E-state index in [1.807, 2.05) is 6.92 Å². The quantitative estimate of drug-likeness (QED) is 0.871. The number of hydrogen-bond donors (Lipinski definition) is 1. The Bertz CT molecular complexity index is 533. The van der Waals surface area contributed by atoms with Gasteiger partial charge in [0, 0.05) is 13.5 Å². The smallest absolute Gasteiger partial charge is 0.410 e. The van der Waals surface area contributed by atoms with Crippen LogP contribution in [0.15, 0.2) is 24.3 Å². The summed E-state index contributed by atoms with van der Waals surface area (Å²) in [7, 11) is 1.43. The molecule has 0 spiro atoms. The normalized spacial score (nSPS) is 12.4. The number of amides is 1. The molecule has 0 fully saturated rings. The fourth-order valence-electron chi connectivity index (χ4n) is 1.96. The van der Waals surface area contributed by atoms with Gasteiger partial charge in [-0.1, -0.05) is 12.1 Å². The maximum Gasteiger partial charge on any atom is 0.410 e. The molecule has 1 aromatic carbocycles. The Kier molecular flexibility index (Phi) is 6.42. The van der Waals surface area contributed by atoms with Crippen molar-refractivity contribution >= 4 is 12.1 Å². The van der Waals surface area contributed by atoms with Crippen molar-refractivity contribution in [2.75, 3.05) is 13.7 Å². The number of carbonyl (C=O) groups excluding carboxylic acids is 1. The van der Waals surface area contributed by atoms with Crippen LogP contribution in [0.2, 0.25) is 0 Å². The van der Waals surface area contributed by atoms with Gasteiger partial charge in [0.25, 0.3) is 0 Å². The maximum atomic E-state index is 12.1. The maximum absolute atomic E-state index is 12.1. The van der Waals surface area contributed by atoms with Gasteiger partial charge in [-0.15, -0.1) is 0 Å². The van der Waals surface area contributed by atoms with Gasteiger partial charge in [0.05, 0.1) is 6.61 Å². The number of likely N-dealkylation sites (N-methyl/N-ethyl adjacent to an activating group) is 1. The Balaban J connectivity index is 2.82. The van der Waals surface area contributed by atoms with Crippen molar-refractivity contribution in [2.24, 2.45) is 0 Å². The van der Waals surface area contributed by atoms with Crippen molar-refractivity contribution in [2.45, 2.75) is 45.8 Å². The molecule has 0 heterocycles. The first-order valence-electron chi connectivity index (χ1n) is 7.54. The van der Waals surface area contributed by atoms with Crippen molar-refractivity contribution in [3.05, 3.63) is 29.8 Å². The summed E-state index contributed by atoms with van der Waals surface area (Å²) in [5.74, 6) is -0.351. The highest BCUT2D eigenvalue weighted by atomic mass is 16.6. The van der Waals surface area contributed by atoms with Gasteiger partial charge in [0.1, 0.15) is 17.4 Å². The van der Waals surface area contributed by atoms with Gasteiger partial charge in [-0.3, -0.25) is 4.90 Å². The zero-order chi connectivity index (χ0) is 17.6. The Morgan fingerprint density at radius 3 is 2.22 bits per heavy atom. The van der Waals surface area contributed by atoms with Crippen molar-refractivity contribution in [1.29, 1.82) is 0 Å². The van der Waals surface area contributed by atoms with Crippen LogP contribution in [0, 0.1) is 0 Å². The van der Waals surface area contributed by atoms with Gasteiger partial charge < -0.3 is 14.6 Å². The van der Waals surface area contributed by atoms with Crippen LogP contribution in [-0.4, -0.2) is 47.4 Å². The first-order valence-corrected chi connectivity index (χ1v) is 7.54. The number of carbonyl (C=O) groups is 2. The van der Waals surface area contributed by atoms with E-state index in [9.17, 15) is 14.7 Å². The highest BCUT2D eigenvalue weighted by Crippen LogP contribution is 2.17. The second-order valence-electron chi connectivity index (χ2n) is 6.23. The average molecular weight is 323 g/mol. The molecule has 128 valence electrons. The molecule has 0 aliphatic rings. The standard InChI is InChI=1S/C17H25NO5/c1-6-22-13-9-7-12(8-10-13)11-14(15(19)20)18(5)16(21)23-17(2,3)4/h7-10,14H,6,11H2,1-5H3,(H,19,20). The number of aliphatic carboxylic acids is 1. The lowest BCUT2D eigenvalue weighted by molar-refractivity contribution is -0.142. The molecule has 1 N–H and O–H groups in total. The molecule has 0 saturated carbocycles. The molecule has 0 aromatic heterocycles. The summed E-state index contributed by atoms with van der Waals surface area (Å²) in [4.78, 5) is 24.7. The van der Waals surface area contributed by atoms with Gasteiger partial charge in [-0.25, -0.2) is 9.59 Å². The third-order valence-electron chi connectivity index (χ3n) is 3.10. The molecular weight excluding hydrogens is 298 g/mol. The zero-order valence-electron chi connectivity index (χ0n) is 14.3. The first kappa shape index (κ1) is 18.8. The summed E-state index contributed by atoms with van der Waals surface area (Å²) in [5, 5.41) is 9.42. The first-order chi connectivity index (χ1) is 10.6. The summed E-state index contributed by atoms with van der Waals surface area (Å²) in [5.41, 5.74) is 0.129. The number of ether oxygens (including phenoxy) is 2. The Morgan fingerprint density at radius 1 is 1.22 bits per heavy atom. The van der Waals surface area contributed by atoms with E-state index in [2.05, 4.69) is 0 Å². The van der Waals surface area contributed by atoms with Crippen molar-refractivity contribution < 1.29 is 24.2 Å². The van der Waals surface area contributed by atoms with Crippen LogP contribution in [-0.2, 0) is 16.0 Å². The number of hydrogen-bond acceptors (Lipinski definition) is 4. The minimum absolute atomic E-state index is 0.192. The lowest BCUT2D eigenvalue weighted by Crippen LogP contribution is -2.46. The Hall–Kier alpha value is -2.24. The number of benzene rings is 1. The SMILES string of the molecule is CCOc1ccc(CC(C(=O)O)N(C)C(=O)OC(C)(C)C)cc1. The van der Waals surface area contributed by atoms with Gasteiger partial charge in [0.2, 0.25) is 0 Å². The molecule has 0 saturated heterocycles. The average Bonchev–Trinajstić information content (AvgIpc) is 2.44. The van der Waals surface area contributed by atoms with E-state index in [1.54, 1.807) is 45.0 Å². The summed E-state index contributed by atoms with van der Waals surface area (Å²) in [6, 6.07) is 6.16. The molecule has 6 heteroatoms. The van der Waals surface area contributed by atoms with Crippen LogP contribution in [0.5, 0.6) is 5.75 Å². The molecule has 0 bridgehead atoms. The van der Waals surface area contributed by atoms with Gasteiger partial charge in [0.15, 0.2) is 0 Å². The van der Waals surface area contributed by atoms with E-state index in [4.69, 9.17) is 9.47 Å². The molecule has 0 radical (unpaired) electrons. The predicted octanol–water partition coefficient (Wildman–Crippen LogP) is 2.95. The molecule has 1 atom stereocenters. The summed E-state index contributed by atoms with van der Waals surface area (Å²) < 4.78 is 10.6. The molecule has 1 rings (SSSR count). The van der Waals surface area contributed by atoms with Crippen molar-refractivity contribution in [1.82, 2.24) is 4.90 Å². The number of rotatable bonds is 6. The van der Waals surface area contributed by atoms with Crippen LogP contribution in [0.3, 0.4) is 0 Å². The van der Waals surface area contributed by atoms with Gasteiger partial charge in [-0.2, -0.15) is 0 Å². The minimum Gasteiger partial charge on any atom is -0.494 e. The van der Waals surface area contributed by atoms with Crippen LogP contribution < -0.4 is 4.74 Å². The van der Waals surface area contributed by atoms with Crippen LogP contribution in [0.25, 0.3) is 0 Å². The van der Waals surface area contributed by atoms with Crippen molar-refractivity contribution in [3.8, 4) is 5.75 Å². The van der Waals surface area contributed by atoms with E-state index >= 15 is 0 Å². The van der Waals surface area contributed by atoms with E-state index in [-0.39, 0.29) is 6.42 Å². The van der Waals surface area contributed by atoms with Crippen LogP contribution >= 0.6 is 0 Å². The second kappa shape index (κ2) is 7.85. The summed E-state index contributed by atoms with van der Waals surface area (Å²) in [6.45, 7) is 7.67.